The maximum Gasteiger partial charge on any atom is 0.275 e. The molecule has 1 saturated heterocycles. The highest BCUT2D eigenvalue weighted by Gasteiger charge is 2.28. The normalized spacial score (nSPS) is 18.0. The van der Waals surface area contributed by atoms with Crippen molar-refractivity contribution in [2.45, 2.75) is 36.7 Å². The van der Waals surface area contributed by atoms with Gasteiger partial charge in [-0.2, -0.15) is 4.31 Å². The minimum atomic E-state index is -3.71. The Morgan fingerprint density at radius 2 is 1.90 bits per heavy atom. The molecule has 1 N–H and O–H groups in total. The predicted molar refractivity (Wildman–Crippen MR) is 116 cm³/mol. The molecular weight excluding hydrogens is 464 g/mol. The summed E-state index contributed by atoms with van der Waals surface area (Å²) in [5, 5.41) is 1.95. The molecule has 1 amide bonds. The number of carbonyl (C=O) groups is 1. The monoisotopic (exact) mass is 486 g/mol. The Labute approximate surface area is 186 Å². The van der Waals surface area contributed by atoms with Crippen molar-refractivity contribution in [1.29, 1.82) is 0 Å². The molecule has 0 spiro atoms. The molecule has 1 aliphatic rings. The first-order valence-electron chi connectivity index (χ1n) is 9.71. The summed E-state index contributed by atoms with van der Waals surface area (Å²) in [4.78, 5) is 20.2. The van der Waals surface area contributed by atoms with Gasteiger partial charge >= 0.3 is 0 Å². The van der Waals surface area contributed by atoms with Crippen molar-refractivity contribution in [2.75, 3.05) is 24.2 Å². The molecule has 168 valence electrons. The lowest BCUT2D eigenvalue weighted by atomic mass is 10.0. The number of halogens is 1. The summed E-state index contributed by atoms with van der Waals surface area (Å²) in [6.07, 6.45) is 2.88. The highest BCUT2D eigenvalue weighted by atomic mass is 35.5. The number of hydrogen-bond donors (Lipinski definition) is 1. The quantitative estimate of drug-likeness (QED) is 0.621. The standard InChI is InChI=1S/C19H23ClN4O5S2/c1-3-30(26,27)19-21-11-16(20)17(23-19)18(25)22-14-6-8-15(9-7-14)31(28,29)24-10-4-5-13(2)12-24/h6-9,11,13H,3-5,10,12H2,1-2H3,(H,22,25)/t13-/m1/s1. The van der Waals surface area contributed by atoms with Crippen LogP contribution >= 0.6 is 11.6 Å². The van der Waals surface area contributed by atoms with Gasteiger partial charge in [0.25, 0.3) is 5.91 Å². The summed E-state index contributed by atoms with van der Waals surface area (Å²) in [5.74, 6) is -0.650. The maximum absolute atomic E-state index is 12.8. The van der Waals surface area contributed by atoms with Crippen molar-refractivity contribution in [3.63, 3.8) is 0 Å². The summed E-state index contributed by atoms with van der Waals surface area (Å²) in [7, 11) is -7.32. The van der Waals surface area contributed by atoms with Crippen LogP contribution in [0.25, 0.3) is 0 Å². The Morgan fingerprint density at radius 1 is 1.23 bits per heavy atom. The van der Waals surface area contributed by atoms with E-state index >= 15 is 0 Å². The van der Waals surface area contributed by atoms with Gasteiger partial charge in [-0.25, -0.2) is 26.8 Å². The number of aromatic nitrogens is 2. The van der Waals surface area contributed by atoms with E-state index in [9.17, 15) is 21.6 Å². The van der Waals surface area contributed by atoms with Crippen LogP contribution in [-0.2, 0) is 19.9 Å². The van der Waals surface area contributed by atoms with E-state index in [2.05, 4.69) is 15.3 Å². The zero-order valence-electron chi connectivity index (χ0n) is 17.1. The fourth-order valence-corrected chi connectivity index (χ4v) is 5.68. The average molecular weight is 487 g/mol. The smallest absolute Gasteiger partial charge is 0.275 e. The van der Waals surface area contributed by atoms with E-state index in [1.54, 1.807) is 0 Å². The first-order valence-corrected chi connectivity index (χ1v) is 13.2. The molecule has 9 nitrogen and oxygen atoms in total. The van der Waals surface area contributed by atoms with Crippen LogP contribution in [0, 0.1) is 5.92 Å². The van der Waals surface area contributed by atoms with E-state index in [0.29, 0.717) is 24.7 Å². The molecule has 0 bridgehead atoms. The fraction of sp³-hybridized carbons (Fsp3) is 0.421. The summed E-state index contributed by atoms with van der Waals surface area (Å²) < 4.78 is 51.1. The third kappa shape index (κ3) is 5.22. The average Bonchev–Trinajstić information content (AvgIpc) is 2.74. The number of nitrogens with zero attached hydrogens (tertiary/aromatic N) is 3. The van der Waals surface area contributed by atoms with Crippen molar-refractivity contribution in [3.8, 4) is 0 Å². The molecule has 2 aromatic rings. The molecule has 0 unspecified atom stereocenters. The maximum atomic E-state index is 12.8. The van der Waals surface area contributed by atoms with Crippen LogP contribution in [0.3, 0.4) is 0 Å². The number of hydrogen-bond acceptors (Lipinski definition) is 7. The Kier molecular flexibility index (Phi) is 6.99. The number of amides is 1. The second-order valence-corrected chi connectivity index (χ2v) is 11.9. The van der Waals surface area contributed by atoms with Crippen molar-refractivity contribution in [1.82, 2.24) is 14.3 Å². The first-order chi connectivity index (χ1) is 14.5. The van der Waals surface area contributed by atoms with Crippen molar-refractivity contribution >= 4 is 43.1 Å². The number of benzene rings is 1. The van der Waals surface area contributed by atoms with Gasteiger partial charge in [-0.1, -0.05) is 25.4 Å². The lowest BCUT2D eigenvalue weighted by Crippen LogP contribution is -2.39. The van der Waals surface area contributed by atoms with Gasteiger partial charge in [0, 0.05) is 18.8 Å². The van der Waals surface area contributed by atoms with Crippen LogP contribution in [0.5, 0.6) is 0 Å². The van der Waals surface area contributed by atoms with Gasteiger partial charge in [0.2, 0.25) is 25.0 Å². The molecule has 0 radical (unpaired) electrons. The van der Waals surface area contributed by atoms with Crippen LogP contribution < -0.4 is 5.32 Å². The van der Waals surface area contributed by atoms with Gasteiger partial charge in [-0.3, -0.25) is 4.79 Å². The Morgan fingerprint density at radius 3 is 2.52 bits per heavy atom. The van der Waals surface area contributed by atoms with E-state index in [-0.39, 0.29) is 21.4 Å². The number of piperidine rings is 1. The summed E-state index contributed by atoms with van der Waals surface area (Å²) in [5.41, 5.74) is 0.0215. The Bertz CT molecular complexity index is 1180. The second kappa shape index (κ2) is 9.19. The van der Waals surface area contributed by atoms with E-state index in [0.717, 1.165) is 19.0 Å². The van der Waals surface area contributed by atoms with Crippen LogP contribution in [-0.4, -0.2) is 55.9 Å². The number of sulfone groups is 1. The molecule has 31 heavy (non-hydrogen) atoms. The van der Waals surface area contributed by atoms with Crippen LogP contribution in [0.1, 0.15) is 37.2 Å². The molecular formula is C19H23ClN4O5S2. The number of anilines is 1. The predicted octanol–water partition coefficient (Wildman–Crippen LogP) is 2.60. The van der Waals surface area contributed by atoms with Crippen LogP contribution in [0.4, 0.5) is 5.69 Å². The summed E-state index contributed by atoms with van der Waals surface area (Å²) in [6, 6.07) is 5.74. The highest BCUT2D eigenvalue weighted by Crippen LogP contribution is 2.25. The topological polar surface area (TPSA) is 126 Å². The Balaban J connectivity index is 1.79. The minimum absolute atomic E-state index is 0.106. The largest absolute Gasteiger partial charge is 0.321 e. The van der Waals surface area contributed by atoms with E-state index in [1.807, 2.05) is 6.92 Å². The zero-order chi connectivity index (χ0) is 22.8. The SMILES string of the molecule is CCS(=O)(=O)c1ncc(Cl)c(C(=O)Nc2ccc(S(=O)(=O)N3CCC[C@@H](C)C3)cc2)n1. The summed E-state index contributed by atoms with van der Waals surface area (Å²) in [6.45, 7) is 4.43. The Hall–Kier alpha value is -2.08. The highest BCUT2D eigenvalue weighted by molar-refractivity contribution is 7.91. The molecule has 0 saturated carbocycles. The molecule has 2 heterocycles. The molecule has 0 aliphatic carbocycles. The van der Waals surface area contributed by atoms with Gasteiger partial charge in [0.1, 0.15) is 0 Å². The van der Waals surface area contributed by atoms with Gasteiger partial charge in [-0.05, 0) is 43.0 Å². The van der Waals surface area contributed by atoms with E-state index in [4.69, 9.17) is 11.6 Å². The number of rotatable bonds is 6. The zero-order valence-corrected chi connectivity index (χ0v) is 19.5. The van der Waals surface area contributed by atoms with Crippen molar-refractivity contribution in [2.24, 2.45) is 5.92 Å². The molecule has 1 aromatic heterocycles. The molecule has 3 rings (SSSR count). The van der Waals surface area contributed by atoms with Gasteiger partial charge < -0.3 is 5.32 Å². The lowest BCUT2D eigenvalue weighted by Gasteiger charge is -2.30. The molecule has 1 aromatic carbocycles. The number of nitrogens with one attached hydrogen (secondary N) is 1. The number of carbonyl (C=O) groups excluding carboxylic acids is 1. The van der Waals surface area contributed by atoms with Gasteiger partial charge in [0.05, 0.1) is 21.9 Å². The minimum Gasteiger partial charge on any atom is -0.321 e. The first kappa shape index (κ1) is 23.6. The molecule has 1 atom stereocenters. The molecule has 1 fully saturated rings. The fourth-order valence-electron chi connectivity index (χ4n) is 3.20. The third-order valence-electron chi connectivity index (χ3n) is 4.96. The molecule has 12 heteroatoms. The van der Waals surface area contributed by atoms with E-state index < -0.39 is 30.9 Å². The van der Waals surface area contributed by atoms with Crippen molar-refractivity contribution < 1.29 is 21.6 Å². The van der Waals surface area contributed by atoms with Crippen molar-refractivity contribution in [3.05, 3.63) is 41.2 Å². The third-order valence-corrected chi connectivity index (χ3v) is 8.63. The van der Waals surface area contributed by atoms with Crippen LogP contribution in [0.15, 0.2) is 40.5 Å². The number of sulfonamides is 1. The van der Waals surface area contributed by atoms with Gasteiger partial charge in [-0.15, -0.1) is 0 Å². The summed E-state index contributed by atoms with van der Waals surface area (Å²) >= 11 is 5.97. The molecule has 1 aliphatic heterocycles. The van der Waals surface area contributed by atoms with Crippen LogP contribution in [0.2, 0.25) is 5.02 Å². The lowest BCUT2D eigenvalue weighted by molar-refractivity contribution is 0.102. The van der Waals surface area contributed by atoms with E-state index in [1.165, 1.54) is 35.5 Å². The van der Waals surface area contributed by atoms with Gasteiger partial charge in [0.15, 0.2) is 5.69 Å². The second-order valence-electron chi connectivity index (χ2n) is 7.34.